The van der Waals surface area contributed by atoms with Crippen LogP contribution in [0.4, 0.5) is 0 Å². The molecule has 0 aromatic heterocycles. The number of amides is 1. The fourth-order valence-corrected chi connectivity index (χ4v) is 2.33. The molecule has 20 heavy (non-hydrogen) atoms. The second-order valence-corrected chi connectivity index (χ2v) is 6.68. The van der Waals surface area contributed by atoms with E-state index in [2.05, 4.69) is 17.1 Å². The van der Waals surface area contributed by atoms with Gasteiger partial charge in [-0.3, -0.25) is 4.79 Å². The Morgan fingerprint density at radius 1 is 1.40 bits per heavy atom. The topological polar surface area (TPSA) is 58.4 Å². The maximum atomic E-state index is 11.8. The summed E-state index contributed by atoms with van der Waals surface area (Å²) in [5.74, 6) is 0.749. The Labute approximate surface area is 136 Å². The van der Waals surface area contributed by atoms with E-state index in [9.17, 15) is 4.79 Å². The number of carbonyl (C=O) groups excluding carboxylic acids is 1. The van der Waals surface area contributed by atoms with E-state index in [1.807, 2.05) is 20.8 Å². The summed E-state index contributed by atoms with van der Waals surface area (Å²) in [5.41, 5.74) is 5.73. The van der Waals surface area contributed by atoms with Gasteiger partial charge in [0.1, 0.15) is 0 Å². The molecule has 1 amide bonds. The fourth-order valence-electron chi connectivity index (χ4n) is 2.33. The Balaban J connectivity index is 0. The molecule has 1 aliphatic rings. The Morgan fingerprint density at radius 2 is 2.00 bits per heavy atom. The second kappa shape index (κ2) is 9.82. The van der Waals surface area contributed by atoms with E-state index in [0.717, 1.165) is 25.6 Å². The smallest absolute Gasteiger partial charge is 0.237 e. The van der Waals surface area contributed by atoms with Crippen molar-refractivity contribution in [2.45, 2.75) is 46.6 Å². The van der Waals surface area contributed by atoms with Crippen molar-refractivity contribution in [2.24, 2.45) is 17.1 Å². The zero-order chi connectivity index (χ0) is 13.8. The first kappa shape index (κ1) is 22.3. The molecule has 0 radical (unpaired) electrons. The molecule has 0 aromatic rings. The van der Waals surface area contributed by atoms with Gasteiger partial charge in [-0.2, -0.15) is 0 Å². The minimum absolute atomic E-state index is 0. The van der Waals surface area contributed by atoms with Gasteiger partial charge in [0, 0.05) is 19.6 Å². The normalized spacial score (nSPS) is 21.4. The predicted octanol–water partition coefficient (Wildman–Crippen LogP) is 2.05. The SMILES string of the molecule is CC1CCCN(CCNC(=O)[C@@H](N)C(C)(C)C)C1.Cl.Cl. The average Bonchev–Trinajstić information content (AvgIpc) is 2.26. The molecular formula is C14H31Cl2N3O. The van der Waals surface area contributed by atoms with Gasteiger partial charge in [0.05, 0.1) is 6.04 Å². The van der Waals surface area contributed by atoms with Crippen LogP contribution in [0.3, 0.4) is 0 Å². The van der Waals surface area contributed by atoms with Gasteiger partial charge in [0.15, 0.2) is 0 Å². The van der Waals surface area contributed by atoms with Gasteiger partial charge in [-0.15, -0.1) is 24.8 Å². The number of carbonyl (C=O) groups is 1. The van der Waals surface area contributed by atoms with Crippen LogP contribution in [-0.2, 0) is 4.79 Å². The quantitative estimate of drug-likeness (QED) is 0.830. The molecule has 1 heterocycles. The molecule has 0 spiro atoms. The van der Waals surface area contributed by atoms with Gasteiger partial charge in [-0.05, 0) is 30.7 Å². The number of halogens is 2. The van der Waals surface area contributed by atoms with Gasteiger partial charge in [0.2, 0.25) is 5.91 Å². The van der Waals surface area contributed by atoms with E-state index in [1.54, 1.807) is 0 Å². The number of hydrogen-bond acceptors (Lipinski definition) is 3. The van der Waals surface area contributed by atoms with E-state index in [-0.39, 0.29) is 36.1 Å². The Hall–Kier alpha value is -0.0300. The monoisotopic (exact) mass is 327 g/mol. The highest BCUT2D eigenvalue weighted by Gasteiger charge is 2.27. The number of nitrogens with zero attached hydrogens (tertiary/aromatic N) is 1. The van der Waals surface area contributed by atoms with Crippen molar-refractivity contribution < 1.29 is 4.79 Å². The third-order valence-electron chi connectivity index (χ3n) is 3.68. The van der Waals surface area contributed by atoms with Gasteiger partial charge < -0.3 is 16.0 Å². The summed E-state index contributed by atoms with van der Waals surface area (Å²) in [7, 11) is 0. The number of nitrogens with two attached hydrogens (primary N) is 1. The first-order valence-corrected chi connectivity index (χ1v) is 7.06. The molecule has 122 valence electrons. The van der Waals surface area contributed by atoms with Crippen LogP contribution in [0.5, 0.6) is 0 Å². The summed E-state index contributed by atoms with van der Waals surface area (Å²) < 4.78 is 0. The van der Waals surface area contributed by atoms with Crippen molar-refractivity contribution >= 4 is 30.7 Å². The van der Waals surface area contributed by atoms with Crippen LogP contribution in [0, 0.1) is 11.3 Å². The van der Waals surface area contributed by atoms with Crippen LogP contribution in [0.1, 0.15) is 40.5 Å². The van der Waals surface area contributed by atoms with E-state index in [1.165, 1.54) is 12.8 Å². The van der Waals surface area contributed by atoms with Crippen LogP contribution in [0.2, 0.25) is 0 Å². The number of nitrogens with one attached hydrogen (secondary N) is 1. The van der Waals surface area contributed by atoms with E-state index in [0.29, 0.717) is 6.54 Å². The zero-order valence-corrected chi connectivity index (χ0v) is 14.8. The van der Waals surface area contributed by atoms with Crippen LogP contribution >= 0.6 is 24.8 Å². The van der Waals surface area contributed by atoms with E-state index in [4.69, 9.17) is 5.73 Å². The standard InChI is InChI=1S/C14H29N3O.2ClH/c1-11-6-5-8-17(10-11)9-7-16-13(18)12(15)14(2,3)4;;/h11-12H,5-10,15H2,1-4H3,(H,16,18);2*1H/t11?,12-;;/m1../s1. The van der Waals surface area contributed by atoms with Gasteiger partial charge in [-0.25, -0.2) is 0 Å². The summed E-state index contributed by atoms with van der Waals surface area (Å²) in [6.45, 7) is 12.2. The molecule has 6 heteroatoms. The first-order chi connectivity index (χ1) is 8.30. The van der Waals surface area contributed by atoms with Crippen molar-refractivity contribution in [2.75, 3.05) is 26.2 Å². The molecule has 1 unspecified atom stereocenters. The van der Waals surface area contributed by atoms with Crippen LogP contribution < -0.4 is 11.1 Å². The minimum atomic E-state index is -0.433. The number of hydrogen-bond donors (Lipinski definition) is 2. The van der Waals surface area contributed by atoms with Gasteiger partial charge in [-0.1, -0.05) is 27.7 Å². The van der Waals surface area contributed by atoms with Crippen LogP contribution in [0.15, 0.2) is 0 Å². The van der Waals surface area contributed by atoms with Gasteiger partial charge in [0.25, 0.3) is 0 Å². The lowest BCUT2D eigenvalue weighted by atomic mass is 9.87. The number of rotatable bonds is 4. The molecule has 1 rings (SSSR count). The lowest BCUT2D eigenvalue weighted by Crippen LogP contribution is -2.50. The summed E-state index contributed by atoms with van der Waals surface area (Å²) in [5, 5.41) is 2.95. The third kappa shape index (κ3) is 7.67. The minimum Gasteiger partial charge on any atom is -0.353 e. The molecule has 2 atom stereocenters. The lowest BCUT2D eigenvalue weighted by molar-refractivity contribution is -0.124. The Bertz CT molecular complexity index is 282. The lowest BCUT2D eigenvalue weighted by Gasteiger charge is -2.31. The zero-order valence-electron chi connectivity index (χ0n) is 13.1. The Kier molecular flexibility index (Phi) is 10.9. The molecule has 4 nitrogen and oxygen atoms in total. The average molecular weight is 328 g/mol. The maximum Gasteiger partial charge on any atom is 0.237 e. The van der Waals surface area contributed by atoms with Crippen molar-refractivity contribution in [3.63, 3.8) is 0 Å². The van der Waals surface area contributed by atoms with Crippen molar-refractivity contribution in [3.05, 3.63) is 0 Å². The predicted molar refractivity (Wildman–Crippen MR) is 89.8 cm³/mol. The first-order valence-electron chi connectivity index (χ1n) is 7.06. The maximum absolute atomic E-state index is 11.8. The molecule has 1 fully saturated rings. The van der Waals surface area contributed by atoms with E-state index < -0.39 is 6.04 Å². The fraction of sp³-hybridized carbons (Fsp3) is 0.929. The molecular weight excluding hydrogens is 297 g/mol. The largest absolute Gasteiger partial charge is 0.353 e. The Morgan fingerprint density at radius 3 is 2.50 bits per heavy atom. The highest BCUT2D eigenvalue weighted by molar-refractivity contribution is 5.85. The number of piperidine rings is 1. The summed E-state index contributed by atoms with van der Waals surface area (Å²) in [6, 6.07) is -0.433. The number of likely N-dealkylation sites (tertiary alicyclic amines) is 1. The molecule has 0 aliphatic carbocycles. The van der Waals surface area contributed by atoms with Gasteiger partial charge >= 0.3 is 0 Å². The highest BCUT2D eigenvalue weighted by Crippen LogP contribution is 2.17. The molecule has 0 saturated carbocycles. The van der Waals surface area contributed by atoms with Crippen LogP contribution in [0.25, 0.3) is 0 Å². The summed E-state index contributed by atoms with van der Waals surface area (Å²) in [6.07, 6.45) is 2.61. The van der Waals surface area contributed by atoms with Crippen molar-refractivity contribution in [1.29, 1.82) is 0 Å². The second-order valence-electron chi connectivity index (χ2n) is 6.68. The van der Waals surface area contributed by atoms with Crippen LogP contribution in [-0.4, -0.2) is 43.0 Å². The molecule has 3 N–H and O–H groups in total. The summed E-state index contributed by atoms with van der Waals surface area (Å²) >= 11 is 0. The molecule has 1 aliphatic heterocycles. The highest BCUT2D eigenvalue weighted by atomic mass is 35.5. The van der Waals surface area contributed by atoms with Crippen molar-refractivity contribution in [3.8, 4) is 0 Å². The summed E-state index contributed by atoms with van der Waals surface area (Å²) in [4.78, 5) is 14.3. The molecule has 0 bridgehead atoms. The van der Waals surface area contributed by atoms with E-state index >= 15 is 0 Å². The third-order valence-corrected chi connectivity index (χ3v) is 3.68. The molecule has 0 aromatic carbocycles. The van der Waals surface area contributed by atoms with Crippen molar-refractivity contribution in [1.82, 2.24) is 10.2 Å². The molecule has 1 saturated heterocycles.